The Bertz CT molecular complexity index is 2100. The SMILES string of the molecule is CCCCc1c(Cc2ccc(-c3ccccc3-c3nnnn3C(c3ccccc3)(c3ccccc3)c3ccccc3)cc2)c(C)c(C)c[n+]1[O-]. The molecule has 0 saturated heterocycles. The molecule has 0 saturated carbocycles. The molecule has 0 unspecified atom stereocenters. The van der Waals surface area contributed by atoms with E-state index in [0.29, 0.717) is 12.2 Å². The minimum atomic E-state index is -0.848. The monoisotopic (exact) mass is 655 g/mol. The molecule has 2 heterocycles. The summed E-state index contributed by atoms with van der Waals surface area (Å²) in [5, 5.41) is 26.8. The maximum atomic E-state index is 13.0. The third-order valence-corrected chi connectivity index (χ3v) is 9.91. The van der Waals surface area contributed by atoms with E-state index >= 15 is 0 Å². The van der Waals surface area contributed by atoms with Crippen LogP contribution in [0.2, 0.25) is 0 Å². The van der Waals surface area contributed by atoms with Gasteiger partial charge in [0, 0.05) is 29.5 Å². The maximum Gasteiger partial charge on any atom is 0.196 e. The van der Waals surface area contributed by atoms with Crippen molar-refractivity contribution < 1.29 is 4.73 Å². The molecule has 0 aliphatic rings. The lowest BCUT2D eigenvalue weighted by atomic mass is 9.77. The molecule has 0 N–H and O–H groups in total. The summed E-state index contributed by atoms with van der Waals surface area (Å²) in [5.74, 6) is 0.664. The van der Waals surface area contributed by atoms with E-state index in [0.717, 1.165) is 74.2 Å². The Morgan fingerprint density at radius 1 is 0.680 bits per heavy atom. The van der Waals surface area contributed by atoms with Crippen LogP contribution in [0.3, 0.4) is 0 Å². The molecule has 248 valence electrons. The summed E-state index contributed by atoms with van der Waals surface area (Å²) < 4.78 is 3.07. The summed E-state index contributed by atoms with van der Waals surface area (Å²) in [6.07, 6.45) is 5.26. The second-order valence-electron chi connectivity index (χ2n) is 12.9. The van der Waals surface area contributed by atoms with Crippen molar-refractivity contribution in [1.82, 2.24) is 20.2 Å². The highest BCUT2D eigenvalue weighted by Gasteiger charge is 2.42. The molecular weight excluding hydrogens is 615 g/mol. The predicted molar refractivity (Wildman–Crippen MR) is 200 cm³/mol. The third-order valence-electron chi connectivity index (χ3n) is 9.91. The van der Waals surface area contributed by atoms with Gasteiger partial charge >= 0.3 is 0 Å². The molecule has 7 rings (SSSR count). The number of tetrazole rings is 1. The highest BCUT2D eigenvalue weighted by atomic mass is 16.5. The normalized spacial score (nSPS) is 11.5. The number of nitrogens with zero attached hydrogens (tertiary/aromatic N) is 5. The van der Waals surface area contributed by atoms with E-state index in [1.54, 1.807) is 6.20 Å². The van der Waals surface area contributed by atoms with Gasteiger partial charge in [-0.25, -0.2) is 4.68 Å². The Hall–Kier alpha value is -5.88. The molecular formula is C44H41N5O. The number of benzene rings is 5. The summed E-state index contributed by atoms with van der Waals surface area (Å²) in [7, 11) is 0. The number of rotatable bonds is 11. The van der Waals surface area contributed by atoms with Gasteiger partial charge in [-0.15, -0.1) is 5.10 Å². The van der Waals surface area contributed by atoms with Crippen LogP contribution in [0.5, 0.6) is 0 Å². The smallest absolute Gasteiger partial charge is 0.196 e. The minimum absolute atomic E-state index is 0.664. The molecule has 2 aromatic heterocycles. The first-order valence-electron chi connectivity index (χ1n) is 17.4. The molecule has 5 aromatic carbocycles. The van der Waals surface area contributed by atoms with Gasteiger partial charge in [0.05, 0.1) is 0 Å². The van der Waals surface area contributed by atoms with Crippen molar-refractivity contribution in [2.45, 2.75) is 52.0 Å². The van der Waals surface area contributed by atoms with Gasteiger partial charge in [-0.3, -0.25) is 0 Å². The zero-order chi connectivity index (χ0) is 34.5. The van der Waals surface area contributed by atoms with Crippen molar-refractivity contribution in [3.8, 4) is 22.5 Å². The van der Waals surface area contributed by atoms with Crippen LogP contribution in [0, 0.1) is 19.1 Å². The van der Waals surface area contributed by atoms with Crippen LogP contribution in [0.25, 0.3) is 22.5 Å². The van der Waals surface area contributed by atoms with Crippen LogP contribution in [0.15, 0.2) is 146 Å². The van der Waals surface area contributed by atoms with Crippen LogP contribution in [0.1, 0.15) is 64.4 Å². The summed E-state index contributed by atoms with van der Waals surface area (Å²) in [6, 6.07) is 48.4. The molecule has 50 heavy (non-hydrogen) atoms. The molecule has 7 aromatic rings. The van der Waals surface area contributed by atoms with Crippen molar-refractivity contribution in [1.29, 1.82) is 0 Å². The largest absolute Gasteiger partial charge is 0.618 e. The molecule has 0 aliphatic heterocycles. The standard InChI is InChI=1S/C44H41N5O/c1-4-5-25-42-41(33(3)32(2)31-48(42)50)30-34-26-28-35(29-27-34)39-23-15-16-24-40(39)43-45-46-47-49(43)44(36-17-9-6-10-18-36,37-19-11-7-12-20-37)38-21-13-8-14-22-38/h6-24,26-29,31H,4-5,25,30H2,1-3H3. The Kier molecular flexibility index (Phi) is 9.35. The molecule has 0 amide bonds. The lowest BCUT2D eigenvalue weighted by Crippen LogP contribution is -2.39. The van der Waals surface area contributed by atoms with Crippen molar-refractivity contribution in [3.63, 3.8) is 0 Å². The Morgan fingerprint density at radius 3 is 1.78 bits per heavy atom. The van der Waals surface area contributed by atoms with Crippen molar-refractivity contribution in [2.24, 2.45) is 0 Å². The van der Waals surface area contributed by atoms with Crippen LogP contribution >= 0.6 is 0 Å². The van der Waals surface area contributed by atoms with Crippen molar-refractivity contribution in [3.05, 3.63) is 196 Å². The Morgan fingerprint density at radius 2 is 1.22 bits per heavy atom. The lowest BCUT2D eigenvalue weighted by molar-refractivity contribution is -0.615. The number of aryl methyl sites for hydroxylation is 1. The van der Waals surface area contributed by atoms with Crippen LogP contribution in [-0.2, 0) is 18.4 Å². The summed E-state index contributed by atoms with van der Waals surface area (Å²) in [6.45, 7) is 6.32. The molecule has 0 aliphatic carbocycles. The fraction of sp³-hybridized carbons (Fsp3) is 0.182. The maximum absolute atomic E-state index is 13.0. The molecule has 0 bridgehead atoms. The summed E-state index contributed by atoms with van der Waals surface area (Å²) in [4.78, 5) is 0. The number of hydrogen-bond acceptors (Lipinski definition) is 4. The van der Waals surface area contributed by atoms with Gasteiger partial charge in [0.25, 0.3) is 0 Å². The quantitative estimate of drug-likeness (QED) is 0.0792. The van der Waals surface area contributed by atoms with E-state index < -0.39 is 5.54 Å². The van der Waals surface area contributed by atoms with Crippen LogP contribution in [-0.4, -0.2) is 20.2 Å². The average molecular weight is 656 g/mol. The third kappa shape index (κ3) is 5.98. The molecule has 0 spiro atoms. The van der Waals surface area contributed by atoms with Crippen molar-refractivity contribution in [2.75, 3.05) is 0 Å². The average Bonchev–Trinajstić information content (AvgIpc) is 3.66. The molecule has 0 atom stereocenters. The van der Waals surface area contributed by atoms with Gasteiger partial charge in [-0.1, -0.05) is 153 Å². The summed E-state index contributed by atoms with van der Waals surface area (Å²) >= 11 is 0. The van der Waals surface area contributed by atoms with Gasteiger partial charge in [-0.05, 0) is 69.6 Å². The zero-order valence-electron chi connectivity index (χ0n) is 28.8. The van der Waals surface area contributed by atoms with Gasteiger partial charge in [-0.2, -0.15) is 4.73 Å². The summed E-state index contributed by atoms with van der Waals surface area (Å²) in [5.41, 5.74) is 10.7. The van der Waals surface area contributed by atoms with E-state index in [9.17, 15) is 5.21 Å². The second-order valence-corrected chi connectivity index (χ2v) is 12.9. The van der Waals surface area contributed by atoms with Crippen molar-refractivity contribution >= 4 is 0 Å². The number of unbranched alkanes of at least 4 members (excludes halogenated alkanes) is 1. The zero-order valence-corrected chi connectivity index (χ0v) is 28.8. The molecule has 0 radical (unpaired) electrons. The van der Waals surface area contributed by atoms with E-state index in [1.165, 1.54) is 11.1 Å². The first kappa shape index (κ1) is 32.7. The number of aromatic nitrogens is 5. The van der Waals surface area contributed by atoms with E-state index in [4.69, 9.17) is 10.3 Å². The van der Waals surface area contributed by atoms with Crippen LogP contribution in [0.4, 0.5) is 0 Å². The molecule has 6 heteroatoms. The molecule has 0 fully saturated rings. The highest BCUT2D eigenvalue weighted by Crippen LogP contribution is 2.43. The second kappa shape index (κ2) is 14.3. The van der Waals surface area contributed by atoms with E-state index in [1.807, 2.05) is 35.9 Å². The van der Waals surface area contributed by atoms with Gasteiger partial charge in [0.1, 0.15) is 5.54 Å². The fourth-order valence-corrected chi connectivity index (χ4v) is 7.20. The first-order valence-corrected chi connectivity index (χ1v) is 17.4. The number of pyridine rings is 1. The topological polar surface area (TPSA) is 70.5 Å². The predicted octanol–water partition coefficient (Wildman–Crippen LogP) is 9.03. The number of hydrogen-bond donors (Lipinski definition) is 0. The fourth-order valence-electron chi connectivity index (χ4n) is 7.20. The Labute approximate surface area is 294 Å². The highest BCUT2D eigenvalue weighted by molar-refractivity contribution is 5.81. The van der Waals surface area contributed by atoms with Gasteiger partial charge in [0.2, 0.25) is 0 Å². The van der Waals surface area contributed by atoms with Gasteiger partial charge in [0.15, 0.2) is 17.7 Å². The van der Waals surface area contributed by atoms with E-state index in [-0.39, 0.29) is 0 Å². The van der Waals surface area contributed by atoms with Gasteiger partial charge < -0.3 is 5.21 Å². The molecule has 6 nitrogen and oxygen atoms in total. The van der Waals surface area contributed by atoms with E-state index in [2.05, 4.69) is 134 Å². The minimum Gasteiger partial charge on any atom is -0.618 e. The first-order chi connectivity index (χ1) is 24.5. The van der Waals surface area contributed by atoms with Crippen LogP contribution < -0.4 is 4.73 Å². The lowest BCUT2D eigenvalue weighted by Gasteiger charge is -2.36. The Balaban J connectivity index is 1.34.